The molecule has 0 saturated heterocycles. The molecule has 3 heteroatoms. The van der Waals surface area contributed by atoms with Crippen molar-refractivity contribution >= 4 is 10.8 Å². The molecule has 124 valence electrons. The number of hydrogen-bond acceptors (Lipinski definition) is 2. The van der Waals surface area contributed by atoms with Gasteiger partial charge in [0.05, 0.1) is 5.69 Å². The maximum atomic E-state index is 4.88. The lowest BCUT2D eigenvalue weighted by molar-refractivity contribution is 0.799. The van der Waals surface area contributed by atoms with Crippen LogP contribution in [0.2, 0.25) is 0 Å². The van der Waals surface area contributed by atoms with E-state index in [0.29, 0.717) is 5.92 Å². The predicted octanol–water partition coefficient (Wildman–Crippen LogP) is 5.27. The van der Waals surface area contributed by atoms with Crippen LogP contribution in [0.25, 0.3) is 22.2 Å². The molecule has 3 nitrogen and oxygen atoms in total. The van der Waals surface area contributed by atoms with Gasteiger partial charge in [0, 0.05) is 30.7 Å². The zero-order valence-corrected chi connectivity index (χ0v) is 14.6. The Bertz CT molecular complexity index is 995. The smallest absolute Gasteiger partial charge is 0.142 e. The van der Waals surface area contributed by atoms with Crippen LogP contribution in [-0.4, -0.2) is 14.5 Å². The molecule has 0 radical (unpaired) electrons. The molecule has 4 aromatic rings. The fourth-order valence-electron chi connectivity index (χ4n) is 3.17. The van der Waals surface area contributed by atoms with E-state index in [9.17, 15) is 0 Å². The largest absolute Gasteiger partial charge is 0.326 e. The topological polar surface area (TPSA) is 30.7 Å². The molecular formula is C22H21N3. The van der Waals surface area contributed by atoms with E-state index in [-0.39, 0.29) is 0 Å². The zero-order valence-electron chi connectivity index (χ0n) is 14.6. The van der Waals surface area contributed by atoms with Gasteiger partial charge in [-0.1, -0.05) is 56.3 Å². The second-order valence-corrected chi connectivity index (χ2v) is 6.65. The average molecular weight is 327 g/mol. The highest BCUT2D eigenvalue weighted by molar-refractivity contribution is 5.85. The van der Waals surface area contributed by atoms with Gasteiger partial charge in [0.25, 0.3) is 0 Å². The Morgan fingerprint density at radius 3 is 2.60 bits per heavy atom. The second-order valence-electron chi connectivity index (χ2n) is 6.65. The number of fused-ring (bicyclic) bond motifs is 1. The van der Waals surface area contributed by atoms with Crippen LogP contribution in [0.5, 0.6) is 0 Å². The lowest BCUT2D eigenvalue weighted by Gasteiger charge is -2.10. The van der Waals surface area contributed by atoms with Gasteiger partial charge in [-0.25, -0.2) is 4.98 Å². The van der Waals surface area contributed by atoms with Crippen molar-refractivity contribution in [2.24, 2.45) is 0 Å². The number of pyridine rings is 1. The Balaban J connectivity index is 1.82. The van der Waals surface area contributed by atoms with Crippen LogP contribution in [0, 0.1) is 0 Å². The second kappa shape index (κ2) is 6.52. The minimum Gasteiger partial charge on any atom is -0.326 e. The standard InChI is InChI=1S/C22H21N3/c1-16(2)21-15-25(22(24-21)18-10-6-12-23-13-18)14-19-9-5-8-17-7-3-4-11-20(17)19/h3-13,15-16H,14H2,1-2H3. The molecule has 2 heterocycles. The Morgan fingerprint density at radius 2 is 1.80 bits per heavy atom. The van der Waals surface area contributed by atoms with E-state index < -0.39 is 0 Å². The fourth-order valence-corrected chi connectivity index (χ4v) is 3.17. The summed E-state index contributed by atoms with van der Waals surface area (Å²) in [5, 5.41) is 2.56. The van der Waals surface area contributed by atoms with Crippen molar-refractivity contribution in [3.63, 3.8) is 0 Å². The number of hydrogen-bond donors (Lipinski definition) is 0. The zero-order chi connectivity index (χ0) is 17.2. The van der Waals surface area contributed by atoms with Crippen LogP contribution in [0.1, 0.15) is 31.0 Å². The van der Waals surface area contributed by atoms with Crippen molar-refractivity contribution in [2.75, 3.05) is 0 Å². The van der Waals surface area contributed by atoms with Gasteiger partial charge in [-0.2, -0.15) is 0 Å². The Morgan fingerprint density at radius 1 is 0.960 bits per heavy atom. The van der Waals surface area contributed by atoms with Gasteiger partial charge in [0.2, 0.25) is 0 Å². The molecule has 0 N–H and O–H groups in total. The summed E-state index contributed by atoms with van der Waals surface area (Å²) in [7, 11) is 0. The third-order valence-electron chi connectivity index (χ3n) is 4.53. The molecular weight excluding hydrogens is 306 g/mol. The van der Waals surface area contributed by atoms with Crippen molar-refractivity contribution in [1.29, 1.82) is 0 Å². The van der Waals surface area contributed by atoms with Crippen LogP contribution >= 0.6 is 0 Å². The molecule has 2 aromatic carbocycles. The van der Waals surface area contributed by atoms with Gasteiger partial charge in [-0.05, 0) is 34.4 Å². The van der Waals surface area contributed by atoms with E-state index in [1.165, 1.54) is 16.3 Å². The maximum Gasteiger partial charge on any atom is 0.142 e. The quantitative estimate of drug-likeness (QED) is 0.511. The van der Waals surface area contributed by atoms with Crippen molar-refractivity contribution in [3.05, 3.63) is 84.4 Å². The summed E-state index contributed by atoms with van der Waals surface area (Å²) in [6, 6.07) is 19.0. The van der Waals surface area contributed by atoms with Gasteiger partial charge in [0.15, 0.2) is 0 Å². The van der Waals surface area contributed by atoms with Crippen molar-refractivity contribution in [2.45, 2.75) is 26.3 Å². The summed E-state index contributed by atoms with van der Waals surface area (Å²) in [5.41, 5.74) is 3.46. The summed E-state index contributed by atoms with van der Waals surface area (Å²) in [6.07, 6.45) is 5.85. The molecule has 0 atom stereocenters. The lowest BCUT2D eigenvalue weighted by Crippen LogP contribution is -2.02. The van der Waals surface area contributed by atoms with Crippen LogP contribution in [0.15, 0.2) is 73.2 Å². The van der Waals surface area contributed by atoms with Crippen LogP contribution in [-0.2, 0) is 6.54 Å². The Kier molecular flexibility index (Phi) is 4.06. The third kappa shape index (κ3) is 3.05. The first-order chi connectivity index (χ1) is 12.2. The first-order valence-electron chi connectivity index (χ1n) is 8.66. The molecule has 0 bridgehead atoms. The molecule has 25 heavy (non-hydrogen) atoms. The molecule has 0 aliphatic carbocycles. The summed E-state index contributed by atoms with van der Waals surface area (Å²) < 4.78 is 2.24. The Hall–Kier alpha value is -2.94. The van der Waals surface area contributed by atoms with Crippen LogP contribution in [0.3, 0.4) is 0 Å². The number of rotatable bonds is 4. The first-order valence-corrected chi connectivity index (χ1v) is 8.66. The van der Waals surface area contributed by atoms with E-state index in [4.69, 9.17) is 4.98 Å². The minimum atomic E-state index is 0.393. The lowest BCUT2D eigenvalue weighted by atomic mass is 10.0. The molecule has 0 spiro atoms. The van der Waals surface area contributed by atoms with Crippen LogP contribution < -0.4 is 0 Å². The highest BCUT2D eigenvalue weighted by atomic mass is 15.1. The Labute approximate surface area is 148 Å². The van der Waals surface area contributed by atoms with Crippen molar-refractivity contribution < 1.29 is 0 Å². The van der Waals surface area contributed by atoms with Gasteiger partial charge in [-0.3, -0.25) is 4.98 Å². The molecule has 0 aliphatic rings. The average Bonchev–Trinajstić information content (AvgIpc) is 3.07. The third-order valence-corrected chi connectivity index (χ3v) is 4.53. The van der Waals surface area contributed by atoms with Crippen LogP contribution in [0.4, 0.5) is 0 Å². The monoisotopic (exact) mass is 327 g/mol. The molecule has 0 unspecified atom stereocenters. The molecule has 2 aromatic heterocycles. The molecule has 0 aliphatic heterocycles. The molecule has 4 rings (SSSR count). The van der Waals surface area contributed by atoms with Gasteiger partial charge in [-0.15, -0.1) is 0 Å². The van der Waals surface area contributed by atoms with Gasteiger partial charge >= 0.3 is 0 Å². The highest BCUT2D eigenvalue weighted by Gasteiger charge is 2.13. The fraction of sp³-hybridized carbons (Fsp3) is 0.182. The number of nitrogens with zero attached hydrogens (tertiary/aromatic N) is 3. The molecule has 0 saturated carbocycles. The summed E-state index contributed by atoms with van der Waals surface area (Å²) >= 11 is 0. The summed E-state index contributed by atoms with van der Waals surface area (Å²) in [5.74, 6) is 1.37. The summed E-state index contributed by atoms with van der Waals surface area (Å²) in [6.45, 7) is 5.15. The van der Waals surface area contributed by atoms with Crippen molar-refractivity contribution in [3.8, 4) is 11.4 Å². The van der Waals surface area contributed by atoms with E-state index in [2.05, 4.69) is 78.1 Å². The number of imidazole rings is 1. The molecule has 0 amide bonds. The van der Waals surface area contributed by atoms with E-state index in [1.54, 1.807) is 6.20 Å². The maximum absolute atomic E-state index is 4.88. The van der Waals surface area contributed by atoms with E-state index in [1.807, 2.05) is 12.3 Å². The highest BCUT2D eigenvalue weighted by Crippen LogP contribution is 2.25. The number of benzene rings is 2. The van der Waals surface area contributed by atoms with E-state index >= 15 is 0 Å². The predicted molar refractivity (Wildman–Crippen MR) is 103 cm³/mol. The SMILES string of the molecule is CC(C)c1cn(Cc2cccc3ccccc23)c(-c2cccnc2)n1. The van der Waals surface area contributed by atoms with E-state index in [0.717, 1.165) is 23.6 Å². The van der Waals surface area contributed by atoms with Crippen molar-refractivity contribution in [1.82, 2.24) is 14.5 Å². The van der Waals surface area contributed by atoms with Gasteiger partial charge < -0.3 is 4.57 Å². The first kappa shape index (κ1) is 15.6. The molecule has 0 fully saturated rings. The normalized spacial score (nSPS) is 11.3. The van der Waals surface area contributed by atoms with Gasteiger partial charge in [0.1, 0.15) is 5.82 Å². The minimum absolute atomic E-state index is 0.393. The summed E-state index contributed by atoms with van der Waals surface area (Å²) in [4.78, 5) is 9.14. The number of aromatic nitrogens is 3.